The number of rotatable bonds is 11. The Kier molecular flexibility index (Phi) is 14.7. The van der Waals surface area contributed by atoms with Crippen molar-refractivity contribution >= 4 is 52.9 Å². The van der Waals surface area contributed by atoms with Gasteiger partial charge in [0.1, 0.15) is 6.61 Å². The van der Waals surface area contributed by atoms with Crippen molar-refractivity contribution in [3.63, 3.8) is 0 Å². The van der Waals surface area contributed by atoms with Gasteiger partial charge in [-0.05, 0) is 74.3 Å². The van der Waals surface area contributed by atoms with Crippen molar-refractivity contribution in [3.8, 4) is 0 Å². The molecule has 3 N–H and O–H groups in total. The second-order valence-electron chi connectivity index (χ2n) is 15.9. The molecule has 60 heavy (non-hydrogen) atoms. The number of carbonyl (C=O) groups excluding carboxylic acids is 5. The molecule has 328 valence electrons. The van der Waals surface area contributed by atoms with E-state index in [9.17, 15) is 37.1 Å². The molecule has 0 spiro atoms. The Morgan fingerprint density at radius 2 is 1.55 bits per heavy atom. The van der Waals surface area contributed by atoms with Gasteiger partial charge in [0, 0.05) is 84.1 Å². The lowest BCUT2D eigenvalue weighted by Crippen LogP contribution is -2.53. The summed E-state index contributed by atoms with van der Waals surface area (Å²) in [6.07, 6.45) is -3.28. The number of halogens is 4. The molecule has 2 aromatic carbocycles. The van der Waals surface area contributed by atoms with Crippen molar-refractivity contribution in [1.82, 2.24) is 24.5 Å². The van der Waals surface area contributed by atoms with Gasteiger partial charge in [-0.3, -0.25) is 9.59 Å². The van der Waals surface area contributed by atoms with E-state index < -0.39 is 41.5 Å². The zero-order valence-electron chi connectivity index (χ0n) is 33.9. The number of urea groups is 1. The summed E-state index contributed by atoms with van der Waals surface area (Å²) >= 11 is 6.14. The van der Waals surface area contributed by atoms with Crippen molar-refractivity contribution in [2.24, 2.45) is 0 Å². The monoisotopic (exact) mass is 863 g/mol. The summed E-state index contributed by atoms with van der Waals surface area (Å²) < 4.78 is 58.3. The van der Waals surface area contributed by atoms with Gasteiger partial charge in [0.2, 0.25) is 0 Å². The third kappa shape index (κ3) is 11.3. The third-order valence-electron chi connectivity index (χ3n) is 11.8. The van der Waals surface area contributed by atoms with Crippen LogP contribution in [0, 0.1) is 0 Å². The number of esters is 1. The smallest absolute Gasteiger partial charge is 0.418 e. The Morgan fingerprint density at radius 3 is 2.22 bits per heavy atom. The first kappa shape index (κ1) is 44.7. The number of nitrogens with zero attached hydrogens (tertiary/aromatic N) is 5. The minimum atomic E-state index is -4.81. The van der Waals surface area contributed by atoms with Crippen LogP contribution in [0.3, 0.4) is 0 Å². The zero-order chi connectivity index (χ0) is 43.1. The number of nitrogens with two attached hydrogens (primary N) is 1. The third-order valence-corrected chi connectivity index (χ3v) is 12.1. The molecule has 0 aliphatic carbocycles. The highest BCUT2D eigenvalue weighted by atomic mass is 35.5. The molecule has 0 bridgehead atoms. The molecule has 4 aliphatic heterocycles. The molecular weight excluding hydrogens is 811 g/mol. The summed E-state index contributed by atoms with van der Waals surface area (Å²) in [7, 11) is 3.14. The highest BCUT2D eigenvalue weighted by Crippen LogP contribution is 2.38. The molecule has 3 fully saturated rings. The van der Waals surface area contributed by atoms with Crippen LogP contribution in [0.4, 0.5) is 34.1 Å². The van der Waals surface area contributed by atoms with Crippen molar-refractivity contribution in [2.75, 3.05) is 84.2 Å². The quantitative estimate of drug-likeness (QED) is 0.240. The Morgan fingerprint density at radius 1 is 0.900 bits per heavy atom. The minimum absolute atomic E-state index is 0.0369. The average Bonchev–Trinajstić information content (AvgIpc) is 3.40. The predicted molar refractivity (Wildman–Crippen MR) is 215 cm³/mol. The number of carbonyl (C=O) groups is 5. The number of piperidine rings is 3. The Balaban J connectivity index is 1.04. The minimum Gasteiger partial charge on any atom is -0.454 e. The number of alkyl halides is 3. The summed E-state index contributed by atoms with van der Waals surface area (Å²) in [5.41, 5.74) is 5.75. The Bertz CT molecular complexity index is 1880. The van der Waals surface area contributed by atoms with Gasteiger partial charge >= 0.3 is 24.3 Å². The molecule has 0 saturated carbocycles. The number of hydrogen-bond donors (Lipinski definition) is 2. The number of amides is 5. The SMILES string of the molecule is CN(C)C(=O)COC(=O)COC1CCN(C2CCN(C(=O)[C@@H](Cc3cc(Cl)c(N)c(C(F)(F)F)c3)OC(=O)N3CCC(N4CCc5ccccc5NC4=O)CC3)CC2)CC1. The van der Waals surface area contributed by atoms with Crippen LogP contribution in [0.15, 0.2) is 36.4 Å². The van der Waals surface area contributed by atoms with E-state index in [2.05, 4.69) is 10.2 Å². The largest absolute Gasteiger partial charge is 0.454 e. The summed E-state index contributed by atoms with van der Waals surface area (Å²) in [4.78, 5) is 73.2. The number of para-hydroxylation sites is 1. The zero-order valence-corrected chi connectivity index (χ0v) is 34.6. The predicted octanol–water partition coefficient (Wildman–Crippen LogP) is 4.65. The molecule has 1 atom stereocenters. The standard InChI is InChI=1S/C41H53ClF3N7O8/c1-48(2)35(53)24-59-36(54)25-58-30-12-18-49(19-13-30)28-8-14-50(15-9-28)38(55)34(23-26-21-31(41(43,44)45)37(46)32(42)22-26)60-40(57)51-16-10-29(11-17-51)52-20-7-27-5-3-4-6-33(27)47-39(52)56/h3-6,21-22,28-30,34H,7-20,23-25,46H2,1-2H3,(H,47,56)/t34-/m1/s1. The second-order valence-corrected chi connectivity index (χ2v) is 16.3. The molecule has 4 aliphatic rings. The molecule has 0 unspecified atom stereocenters. The fourth-order valence-corrected chi connectivity index (χ4v) is 8.52. The number of nitrogen functional groups attached to an aromatic ring is 1. The summed E-state index contributed by atoms with van der Waals surface area (Å²) in [5.74, 6) is -1.46. The Labute approximate surface area is 352 Å². The summed E-state index contributed by atoms with van der Waals surface area (Å²) in [6.45, 7) is 2.54. The lowest BCUT2D eigenvalue weighted by Gasteiger charge is -2.42. The number of ether oxygens (including phenoxy) is 3. The van der Waals surface area contributed by atoms with Crippen LogP contribution in [0.1, 0.15) is 55.2 Å². The van der Waals surface area contributed by atoms with Crippen LogP contribution < -0.4 is 11.1 Å². The van der Waals surface area contributed by atoms with Gasteiger partial charge in [-0.1, -0.05) is 29.8 Å². The number of nitrogens with one attached hydrogen (secondary N) is 1. The maximum Gasteiger partial charge on any atom is 0.418 e. The van der Waals surface area contributed by atoms with Gasteiger partial charge in [0.25, 0.3) is 11.8 Å². The van der Waals surface area contributed by atoms with Crippen molar-refractivity contribution in [3.05, 3.63) is 58.1 Å². The first-order valence-electron chi connectivity index (χ1n) is 20.3. The highest BCUT2D eigenvalue weighted by molar-refractivity contribution is 6.33. The maximum absolute atomic E-state index is 14.2. The molecule has 5 amide bonds. The van der Waals surface area contributed by atoms with Crippen molar-refractivity contribution in [1.29, 1.82) is 0 Å². The van der Waals surface area contributed by atoms with Crippen LogP contribution in [0.5, 0.6) is 0 Å². The second kappa shape index (κ2) is 19.7. The van der Waals surface area contributed by atoms with E-state index in [1.54, 1.807) is 23.9 Å². The number of anilines is 2. The van der Waals surface area contributed by atoms with Gasteiger partial charge in [-0.15, -0.1) is 0 Å². The van der Waals surface area contributed by atoms with Crippen LogP contribution >= 0.6 is 11.6 Å². The number of benzene rings is 2. The van der Waals surface area contributed by atoms with Crippen LogP contribution in [0.25, 0.3) is 0 Å². The molecule has 19 heteroatoms. The highest BCUT2D eigenvalue weighted by Gasteiger charge is 2.39. The number of likely N-dealkylation sites (tertiary alicyclic amines) is 3. The van der Waals surface area contributed by atoms with E-state index in [4.69, 9.17) is 31.5 Å². The topological polar surface area (TPSA) is 167 Å². The number of hydrogen-bond acceptors (Lipinski definition) is 10. The van der Waals surface area contributed by atoms with E-state index >= 15 is 0 Å². The molecule has 4 heterocycles. The van der Waals surface area contributed by atoms with Gasteiger partial charge in [0.15, 0.2) is 12.7 Å². The van der Waals surface area contributed by atoms with E-state index in [0.717, 1.165) is 17.3 Å². The van der Waals surface area contributed by atoms with Gasteiger partial charge in [-0.25, -0.2) is 14.4 Å². The molecule has 3 saturated heterocycles. The average molecular weight is 864 g/mol. The van der Waals surface area contributed by atoms with Gasteiger partial charge < -0.3 is 49.8 Å². The van der Waals surface area contributed by atoms with Crippen LogP contribution in [-0.2, 0) is 47.6 Å². The lowest BCUT2D eigenvalue weighted by molar-refractivity contribution is -0.157. The molecule has 2 aromatic rings. The van der Waals surface area contributed by atoms with Gasteiger partial charge in [0.05, 0.1) is 22.4 Å². The molecule has 6 rings (SSSR count). The van der Waals surface area contributed by atoms with E-state index in [0.29, 0.717) is 77.7 Å². The van der Waals surface area contributed by atoms with E-state index in [1.807, 2.05) is 24.3 Å². The van der Waals surface area contributed by atoms with Crippen LogP contribution in [-0.4, -0.2) is 152 Å². The fraction of sp³-hybridized carbons (Fsp3) is 0.585. The van der Waals surface area contributed by atoms with Crippen molar-refractivity contribution in [2.45, 2.75) is 81.8 Å². The Hall–Kier alpha value is -4.81. The van der Waals surface area contributed by atoms with Crippen LogP contribution in [0.2, 0.25) is 5.02 Å². The molecular formula is C41H53ClF3N7O8. The van der Waals surface area contributed by atoms with Crippen molar-refractivity contribution < 1.29 is 51.4 Å². The first-order valence-corrected chi connectivity index (χ1v) is 20.7. The normalized spacial score (nSPS) is 19.2. The number of likely N-dealkylation sites (N-methyl/N-ethyl adjacent to an activating group) is 1. The maximum atomic E-state index is 14.2. The van der Waals surface area contributed by atoms with Gasteiger partial charge in [-0.2, -0.15) is 13.2 Å². The molecule has 0 aromatic heterocycles. The van der Waals surface area contributed by atoms with E-state index in [-0.39, 0.29) is 73.4 Å². The first-order chi connectivity index (χ1) is 28.6. The number of fused-ring (bicyclic) bond motifs is 1. The fourth-order valence-electron chi connectivity index (χ4n) is 8.28. The molecule has 15 nitrogen and oxygen atoms in total. The van der Waals surface area contributed by atoms with E-state index in [1.165, 1.54) is 15.9 Å². The lowest BCUT2D eigenvalue weighted by atomic mass is 9.97. The summed E-state index contributed by atoms with van der Waals surface area (Å²) in [6, 6.07) is 9.54. The summed E-state index contributed by atoms with van der Waals surface area (Å²) in [5, 5.41) is 2.65. The molecule has 0 radical (unpaired) electrons.